The number of para-hydroxylation sites is 3. The molecular formula is C105H76BN5. The molecule has 2 aliphatic heterocycles. The van der Waals surface area contributed by atoms with Crippen LogP contribution in [0.25, 0.3) is 148 Å². The van der Waals surface area contributed by atoms with Crippen LogP contribution in [0, 0.1) is 6.57 Å². The van der Waals surface area contributed by atoms with Gasteiger partial charge in [-0.2, -0.15) is 0 Å². The largest absolute Gasteiger partial charge is 0.311 e. The van der Waals surface area contributed by atoms with Crippen molar-refractivity contribution in [1.29, 1.82) is 0 Å². The van der Waals surface area contributed by atoms with Gasteiger partial charge < -0.3 is 18.8 Å². The third-order valence-electron chi connectivity index (χ3n) is 23.7. The van der Waals surface area contributed by atoms with E-state index in [0.29, 0.717) is 5.69 Å². The molecule has 0 fully saturated rings. The van der Waals surface area contributed by atoms with Gasteiger partial charge in [-0.05, 0) is 206 Å². The van der Waals surface area contributed by atoms with Gasteiger partial charge in [0.25, 0.3) is 6.71 Å². The summed E-state index contributed by atoms with van der Waals surface area (Å²) in [5.74, 6) is 0. The van der Waals surface area contributed by atoms with Gasteiger partial charge in [-0.15, -0.1) is 0 Å². The van der Waals surface area contributed by atoms with Crippen molar-refractivity contribution in [2.45, 2.75) is 52.4 Å². The van der Waals surface area contributed by atoms with E-state index < -0.39 is 0 Å². The third-order valence-corrected chi connectivity index (χ3v) is 23.7. The third kappa shape index (κ3) is 10.6. The van der Waals surface area contributed by atoms with Crippen LogP contribution in [-0.2, 0) is 10.8 Å². The maximum absolute atomic E-state index is 8.40. The van der Waals surface area contributed by atoms with Gasteiger partial charge in [0.15, 0.2) is 5.69 Å². The Labute approximate surface area is 647 Å². The molecule has 5 nitrogen and oxygen atoms in total. The molecule has 0 aliphatic carbocycles. The summed E-state index contributed by atoms with van der Waals surface area (Å²) >= 11 is 0. The minimum absolute atomic E-state index is 0.129. The lowest BCUT2D eigenvalue weighted by molar-refractivity contribution is 0.569. The molecule has 0 N–H and O–H groups in total. The van der Waals surface area contributed by atoms with Gasteiger partial charge in [0.1, 0.15) is 0 Å². The maximum Gasteiger partial charge on any atom is 0.252 e. The molecule has 0 saturated heterocycles. The van der Waals surface area contributed by atoms with Crippen LogP contribution in [0.3, 0.4) is 0 Å². The predicted molar refractivity (Wildman–Crippen MR) is 473 cm³/mol. The van der Waals surface area contributed by atoms with E-state index in [1.54, 1.807) is 0 Å². The van der Waals surface area contributed by atoms with Crippen LogP contribution in [0.15, 0.2) is 352 Å². The smallest absolute Gasteiger partial charge is 0.252 e. The summed E-state index contributed by atoms with van der Waals surface area (Å²) in [5.41, 5.74) is 30.6. The average Bonchev–Trinajstić information content (AvgIpc) is 1.68. The lowest BCUT2D eigenvalue weighted by Gasteiger charge is -2.45. The first kappa shape index (κ1) is 65.6. The van der Waals surface area contributed by atoms with E-state index in [-0.39, 0.29) is 17.5 Å². The Morgan fingerprint density at radius 1 is 0.261 bits per heavy atom. The van der Waals surface area contributed by atoms with Crippen LogP contribution in [0.2, 0.25) is 0 Å². The monoisotopic (exact) mass is 1420 g/mol. The molecule has 6 heteroatoms. The molecule has 21 rings (SSSR count). The summed E-state index contributed by atoms with van der Waals surface area (Å²) in [6.07, 6.45) is 0. The number of benzene rings is 16. The SMILES string of the molecule is [C-]#[N+]c1ccc2c(c1)c1ccccc1n2-c1cc2c3c(c1)N(c1cc(-c4ccccc4)cc(-c4ccccc4)c1)c1cc4c(cc1B3c1ccc(-c3cc(C(C)(C)C)cc(C(C)(C)C)c3)cc1N2c1cc(-c2ccccc2)cc(-c2ccccc2)c1)c1ccccc1c1ccccc1c1cccc2c3ccccc3n4c12. The van der Waals surface area contributed by atoms with Crippen molar-refractivity contribution in [2.24, 2.45) is 0 Å². The van der Waals surface area contributed by atoms with Crippen LogP contribution in [0.4, 0.5) is 39.8 Å². The molecule has 5 heterocycles. The van der Waals surface area contributed by atoms with Gasteiger partial charge in [0.2, 0.25) is 0 Å². The van der Waals surface area contributed by atoms with Crippen LogP contribution < -0.4 is 26.2 Å². The van der Waals surface area contributed by atoms with Gasteiger partial charge in [-0.25, -0.2) is 4.85 Å². The zero-order valence-corrected chi connectivity index (χ0v) is 62.8. The van der Waals surface area contributed by atoms with E-state index >= 15 is 0 Å². The van der Waals surface area contributed by atoms with E-state index in [4.69, 9.17) is 6.57 Å². The molecule has 111 heavy (non-hydrogen) atoms. The Bertz CT molecular complexity index is 7030. The number of aromatic nitrogens is 2. The highest BCUT2D eigenvalue weighted by atomic mass is 15.2. The van der Waals surface area contributed by atoms with Crippen molar-refractivity contribution in [1.82, 2.24) is 8.97 Å². The summed E-state index contributed by atoms with van der Waals surface area (Å²) in [6.45, 7) is 22.1. The second-order valence-corrected chi connectivity index (χ2v) is 32.3. The summed E-state index contributed by atoms with van der Waals surface area (Å²) in [4.78, 5) is 9.35. The normalized spacial score (nSPS) is 12.7. The Balaban J connectivity index is 0.989. The highest BCUT2D eigenvalue weighted by molar-refractivity contribution is 7.00. The van der Waals surface area contributed by atoms with Crippen molar-refractivity contribution < 1.29 is 0 Å². The molecule has 0 amide bonds. The van der Waals surface area contributed by atoms with Crippen molar-refractivity contribution >= 4 is 144 Å². The quantitative estimate of drug-likeness (QED) is 0.112. The van der Waals surface area contributed by atoms with E-state index in [1.807, 2.05) is 6.07 Å². The predicted octanol–water partition coefficient (Wildman–Crippen LogP) is 26.9. The minimum Gasteiger partial charge on any atom is -0.311 e. The van der Waals surface area contributed by atoms with Gasteiger partial charge in [-0.3, -0.25) is 0 Å². The molecular weight excluding hydrogens is 1340 g/mol. The first-order chi connectivity index (χ1) is 54.3. The zero-order valence-electron chi connectivity index (χ0n) is 62.8. The van der Waals surface area contributed by atoms with Gasteiger partial charge in [-0.1, -0.05) is 308 Å². The second kappa shape index (κ2) is 25.2. The van der Waals surface area contributed by atoms with E-state index in [0.717, 1.165) is 133 Å². The number of anilines is 6. The van der Waals surface area contributed by atoms with E-state index in [1.165, 1.54) is 70.9 Å². The van der Waals surface area contributed by atoms with Gasteiger partial charge >= 0.3 is 0 Å². The number of rotatable bonds is 8. The van der Waals surface area contributed by atoms with Crippen LogP contribution in [0.1, 0.15) is 52.7 Å². The molecule has 0 atom stereocenters. The summed E-state index contributed by atoms with van der Waals surface area (Å²) in [5, 5.41) is 11.6. The fourth-order valence-electron chi connectivity index (χ4n) is 18.3. The number of hydrogen-bond donors (Lipinski definition) is 0. The molecule has 0 spiro atoms. The molecule has 0 radical (unpaired) electrons. The molecule has 0 bridgehead atoms. The van der Waals surface area contributed by atoms with E-state index in [2.05, 4.69) is 411 Å². The number of hydrogen-bond acceptors (Lipinski definition) is 2. The molecule has 524 valence electrons. The van der Waals surface area contributed by atoms with Crippen LogP contribution in [-0.4, -0.2) is 15.7 Å². The molecule has 2 aliphatic rings. The highest BCUT2D eigenvalue weighted by Crippen LogP contribution is 2.52. The first-order valence-corrected chi connectivity index (χ1v) is 38.7. The Kier molecular flexibility index (Phi) is 14.9. The lowest BCUT2D eigenvalue weighted by atomic mass is 9.33. The molecule has 19 aromatic rings. The maximum atomic E-state index is 8.40. The second-order valence-electron chi connectivity index (χ2n) is 32.3. The Hall–Kier alpha value is -13.7. The standard InChI is InChI=1S/C105H76BN5/c1-104(2,3)76-53-75(54-77(60-76)105(4,5)6)70-47-49-92-98(59-70)109(79-55-71(66-29-12-8-13-30-66)51-72(56-79)67-31-14-9-15-32-67)100-62-81(108-94-45-26-25-42-87(94)90-61-78(107-7)48-50-96(90)108)63-101-102(100)106(92)93-64-91-85-40-23-21-38-83(85)82-37-20-22-39-84(82)88-43-28-44-89-86-41-24-27-46-95(86)111(103(88)89)97(91)65-99(93)110(101)80-57-73(68-33-16-10-17-34-68)52-74(58-80)69-35-18-11-19-36-69/h8-65H,1-6H3. The van der Waals surface area contributed by atoms with Gasteiger partial charge in [0, 0.05) is 61.1 Å². The van der Waals surface area contributed by atoms with Crippen molar-refractivity contribution in [3.05, 3.63) is 374 Å². The summed E-state index contributed by atoms with van der Waals surface area (Å²) < 4.78 is 5.08. The highest BCUT2D eigenvalue weighted by Gasteiger charge is 2.45. The van der Waals surface area contributed by atoms with Crippen molar-refractivity contribution in [3.8, 4) is 61.3 Å². The fourth-order valence-corrected chi connectivity index (χ4v) is 18.3. The van der Waals surface area contributed by atoms with E-state index in [9.17, 15) is 0 Å². The Morgan fingerprint density at radius 3 is 1.17 bits per heavy atom. The molecule has 0 unspecified atom stereocenters. The lowest BCUT2D eigenvalue weighted by Crippen LogP contribution is -2.61. The Morgan fingerprint density at radius 2 is 0.667 bits per heavy atom. The zero-order chi connectivity index (χ0) is 74.5. The topological polar surface area (TPSA) is 20.2 Å². The number of nitrogens with zero attached hydrogens (tertiary/aromatic N) is 5. The number of fused-ring (bicyclic) bond motifs is 17. The van der Waals surface area contributed by atoms with Crippen LogP contribution >= 0.6 is 0 Å². The molecule has 0 saturated carbocycles. The van der Waals surface area contributed by atoms with Crippen molar-refractivity contribution in [2.75, 3.05) is 9.80 Å². The van der Waals surface area contributed by atoms with Crippen LogP contribution in [0.5, 0.6) is 0 Å². The minimum atomic E-state index is -0.344. The molecule has 3 aromatic heterocycles. The van der Waals surface area contributed by atoms with Crippen molar-refractivity contribution in [3.63, 3.8) is 0 Å². The first-order valence-electron chi connectivity index (χ1n) is 38.7. The summed E-state index contributed by atoms with van der Waals surface area (Å²) in [7, 11) is 0. The average molecular weight is 1420 g/mol. The molecule has 16 aromatic carbocycles. The summed E-state index contributed by atoms with van der Waals surface area (Å²) in [6, 6.07) is 132. The fraction of sp³-hybridized carbons (Fsp3) is 0.0762. The van der Waals surface area contributed by atoms with Gasteiger partial charge in [0.05, 0.1) is 39.8 Å².